The second kappa shape index (κ2) is 18.2. The number of hydrogen-bond acceptors (Lipinski definition) is 6. The lowest BCUT2D eigenvalue weighted by molar-refractivity contribution is -0.147. The van der Waals surface area contributed by atoms with Crippen LogP contribution in [-0.4, -0.2) is 40.6 Å². The van der Waals surface area contributed by atoms with Gasteiger partial charge in [0, 0.05) is 16.6 Å². The first-order valence-electron chi connectivity index (χ1n) is 18.6. The fourth-order valence-electron chi connectivity index (χ4n) is 7.17. The number of rotatable bonds is 17. The summed E-state index contributed by atoms with van der Waals surface area (Å²) in [7, 11) is -2.51. The Balaban J connectivity index is 0.965. The second-order valence-electron chi connectivity index (χ2n) is 14.5. The van der Waals surface area contributed by atoms with Gasteiger partial charge in [-0.3, -0.25) is 4.79 Å². The van der Waals surface area contributed by atoms with E-state index in [2.05, 4.69) is 103 Å². The molecule has 0 unspecified atom stereocenters. The molecule has 1 heterocycles. The average molecular weight is 793 g/mol. The molecule has 2 atom stereocenters. The molecule has 0 saturated carbocycles. The van der Waals surface area contributed by atoms with Crippen molar-refractivity contribution in [2.75, 3.05) is 26.3 Å². The quantitative estimate of drug-likeness (QED) is 0.0576. The van der Waals surface area contributed by atoms with Crippen molar-refractivity contribution in [1.29, 1.82) is 0 Å². The van der Waals surface area contributed by atoms with E-state index in [4.69, 9.17) is 18.6 Å². The van der Waals surface area contributed by atoms with Crippen molar-refractivity contribution < 1.29 is 23.4 Å². The van der Waals surface area contributed by atoms with Crippen molar-refractivity contribution in [2.45, 2.75) is 63.7 Å². The van der Waals surface area contributed by atoms with Crippen LogP contribution in [0.1, 0.15) is 68.7 Å². The molecule has 0 aromatic heterocycles. The van der Waals surface area contributed by atoms with Crippen LogP contribution in [0.5, 0.6) is 11.5 Å². The zero-order valence-electron chi connectivity index (χ0n) is 30.9. The molecule has 6 nitrogen and oxygen atoms in total. The van der Waals surface area contributed by atoms with E-state index < -0.39 is 20.3 Å². The van der Waals surface area contributed by atoms with E-state index in [1.54, 1.807) is 0 Å². The monoisotopic (exact) mass is 791 g/mol. The maximum Gasteiger partial charge on any atom is 0.317 e. The van der Waals surface area contributed by atoms with Gasteiger partial charge >= 0.3 is 5.97 Å². The summed E-state index contributed by atoms with van der Waals surface area (Å²) >= 11 is 3.57. The molecule has 0 spiro atoms. The normalized spacial score (nSPS) is 15.4. The number of ether oxygens (including phenoxy) is 3. The van der Waals surface area contributed by atoms with Crippen LogP contribution >= 0.6 is 15.9 Å². The third kappa shape index (κ3) is 9.48. The Morgan fingerprint density at radius 3 is 2.02 bits per heavy atom. The van der Waals surface area contributed by atoms with Crippen molar-refractivity contribution in [1.82, 2.24) is 5.32 Å². The summed E-state index contributed by atoms with van der Waals surface area (Å²) in [6, 6.07) is 45.2. The van der Waals surface area contributed by atoms with Gasteiger partial charge in [-0.25, -0.2) is 0 Å². The maximum atomic E-state index is 13.6. The van der Waals surface area contributed by atoms with Crippen LogP contribution in [-0.2, 0) is 20.6 Å². The molecule has 1 aliphatic heterocycles. The predicted octanol–water partition coefficient (Wildman–Crippen LogP) is 9.13. The molecule has 0 radical (unpaired) electrons. The van der Waals surface area contributed by atoms with Crippen LogP contribution in [0.25, 0.3) is 0 Å². The number of unbranched alkanes of at least 4 members (excludes halogenated alkanes) is 1. The fourth-order valence-corrected chi connectivity index (χ4v) is 12.2. The van der Waals surface area contributed by atoms with Crippen molar-refractivity contribution in [3.63, 3.8) is 0 Å². The molecular formula is C45H50BrNO5Si. The predicted molar refractivity (Wildman–Crippen MR) is 219 cm³/mol. The Hall–Kier alpha value is -4.21. The maximum absolute atomic E-state index is 13.6. The summed E-state index contributed by atoms with van der Waals surface area (Å²) in [5, 5.41) is 6.11. The van der Waals surface area contributed by atoms with Gasteiger partial charge in [0.05, 0.1) is 6.61 Å². The Morgan fingerprint density at radius 2 is 1.38 bits per heavy atom. The Kier molecular flexibility index (Phi) is 13.2. The summed E-state index contributed by atoms with van der Waals surface area (Å²) in [5.41, 5.74) is 2.83. The van der Waals surface area contributed by atoms with Gasteiger partial charge in [-0.05, 0) is 89.2 Å². The Bertz CT molecular complexity index is 1840. The highest BCUT2D eigenvalue weighted by atomic mass is 79.9. The number of nitrogens with one attached hydrogen (secondary N) is 1. The molecule has 0 amide bonds. The van der Waals surface area contributed by atoms with Gasteiger partial charge in [0.1, 0.15) is 30.1 Å². The fraction of sp³-hybridized carbons (Fsp3) is 0.311. The molecule has 0 aliphatic carbocycles. The third-order valence-corrected chi connectivity index (χ3v) is 15.3. The first kappa shape index (κ1) is 38.5. The van der Waals surface area contributed by atoms with E-state index in [1.165, 1.54) is 10.4 Å². The lowest BCUT2D eigenvalue weighted by Crippen LogP contribution is -2.66. The number of benzene rings is 5. The number of fused-ring (bicyclic) bond motifs is 1. The smallest absolute Gasteiger partial charge is 0.317 e. The number of carbonyl (C=O) groups excluding carboxylic acids is 1. The molecule has 6 rings (SSSR count). The van der Waals surface area contributed by atoms with Crippen LogP contribution in [0.2, 0.25) is 5.04 Å². The highest BCUT2D eigenvalue weighted by molar-refractivity contribution is 9.10. The van der Waals surface area contributed by atoms with Crippen molar-refractivity contribution in [3.05, 3.63) is 155 Å². The summed E-state index contributed by atoms with van der Waals surface area (Å²) < 4.78 is 26.1. The van der Waals surface area contributed by atoms with Gasteiger partial charge in [-0.1, -0.05) is 140 Å². The topological polar surface area (TPSA) is 66.0 Å². The molecule has 0 bridgehead atoms. The molecule has 1 N–H and O–H groups in total. The van der Waals surface area contributed by atoms with Crippen LogP contribution in [0.3, 0.4) is 0 Å². The zero-order valence-corrected chi connectivity index (χ0v) is 33.5. The van der Waals surface area contributed by atoms with E-state index in [0.29, 0.717) is 25.6 Å². The first-order chi connectivity index (χ1) is 25.8. The minimum atomic E-state index is -2.51. The largest absolute Gasteiger partial charge is 0.489 e. The number of halogens is 1. The van der Waals surface area contributed by atoms with Gasteiger partial charge < -0.3 is 24.0 Å². The van der Waals surface area contributed by atoms with E-state index in [1.807, 2.05) is 72.8 Å². The van der Waals surface area contributed by atoms with Gasteiger partial charge in [0.25, 0.3) is 8.32 Å². The second-order valence-corrected chi connectivity index (χ2v) is 19.8. The van der Waals surface area contributed by atoms with Gasteiger partial charge in [0.15, 0.2) is 0 Å². The summed E-state index contributed by atoms with van der Waals surface area (Å²) in [4.78, 5) is 13.6. The first-order valence-corrected chi connectivity index (χ1v) is 21.3. The lowest BCUT2D eigenvalue weighted by atomic mass is 9.91. The molecule has 276 valence electrons. The van der Waals surface area contributed by atoms with Gasteiger partial charge in [-0.15, -0.1) is 0 Å². The van der Waals surface area contributed by atoms with Crippen molar-refractivity contribution >= 4 is 40.6 Å². The molecule has 8 heteroatoms. The highest BCUT2D eigenvalue weighted by Crippen LogP contribution is 2.48. The molecule has 1 aliphatic rings. The average Bonchev–Trinajstić information content (AvgIpc) is 3.55. The number of carbonyl (C=O) groups is 1. The molecule has 0 fully saturated rings. The minimum Gasteiger partial charge on any atom is -0.489 e. The highest BCUT2D eigenvalue weighted by Gasteiger charge is 2.50. The van der Waals surface area contributed by atoms with Crippen LogP contribution in [0.15, 0.2) is 138 Å². The van der Waals surface area contributed by atoms with Crippen LogP contribution in [0.4, 0.5) is 0 Å². The molecule has 0 saturated heterocycles. The minimum absolute atomic E-state index is 0.0309. The number of esters is 1. The molecule has 53 heavy (non-hydrogen) atoms. The number of hydrogen-bond donors (Lipinski definition) is 1. The van der Waals surface area contributed by atoms with E-state index in [-0.39, 0.29) is 11.0 Å². The standard InChI is InChI=1S/C45H50BrNO5Si/c1-45(2,3)53(38-18-9-5-10-19-38,39-20-11-6-12-21-39)51-31-14-13-28-47-29-15-30-49-44(48)42-40-32-36(46)24-27-41(40)52-43(42)35-22-25-37(26-23-35)50-33-34-16-7-4-8-17-34/h4-12,16-27,32,42-43,47H,13-15,28-31,33H2,1-3H3/t42-,43+/m1/s1. The lowest BCUT2D eigenvalue weighted by Gasteiger charge is -2.43. The summed E-state index contributed by atoms with van der Waals surface area (Å²) in [6.07, 6.45) is 2.20. The Labute approximate surface area is 324 Å². The summed E-state index contributed by atoms with van der Waals surface area (Å²) in [6.45, 7) is 10.1. The van der Waals surface area contributed by atoms with Gasteiger partial charge in [-0.2, -0.15) is 0 Å². The van der Waals surface area contributed by atoms with Gasteiger partial charge in [0.2, 0.25) is 0 Å². The summed E-state index contributed by atoms with van der Waals surface area (Å²) in [5.74, 6) is 0.609. The van der Waals surface area contributed by atoms with Crippen LogP contribution < -0.4 is 25.2 Å². The molecule has 5 aromatic rings. The third-order valence-electron chi connectivity index (χ3n) is 9.80. The molecule has 5 aromatic carbocycles. The van der Waals surface area contributed by atoms with E-state index in [9.17, 15) is 4.79 Å². The Morgan fingerprint density at radius 1 is 0.755 bits per heavy atom. The van der Waals surface area contributed by atoms with E-state index in [0.717, 1.165) is 59.3 Å². The zero-order chi connectivity index (χ0) is 37.1. The SMILES string of the molecule is CC(C)(C)[Si](OCCCCNCCCOC(=O)[C@@H]1c2cc(Br)ccc2O[C@H]1c1ccc(OCc2ccccc2)cc1)(c1ccccc1)c1ccccc1. The molecular weight excluding hydrogens is 742 g/mol. The van der Waals surface area contributed by atoms with E-state index >= 15 is 0 Å². The van der Waals surface area contributed by atoms with Crippen molar-refractivity contribution in [2.24, 2.45) is 0 Å². The van der Waals surface area contributed by atoms with Crippen molar-refractivity contribution in [3.8, 4) is 11.5 Å². The van der Waals surface area contributed by atoms with Crippen LogP contribution in [0, 0.1) is 0 Å².